The van der Waals surface area contributed by atoms with E-state index in [-0.39, 0.29) is 36.3 Å². The number of carbonyl (C=O) groups is 1. The molecule has 2 aromatic rings. The van der Waals surface area contributed by atoms with Crippen LogP contribution >= 0.6 is 12.4 Å². The number of hydrogen-bond donors (Lipinski definition) is 2. The molecule has 2 aromatic carbocycles. The fourth-order valence-corrected chi connectivity index (χ4v) is 2.95. The predicted molar refractivity (Wildman–Crippen MR) is 120 cm³/mol. The quantitative estimate of drug-likeness (QED) is 0.541. The summed E-state index contributed by atoms with van der Waals surface area (Å²) >= 11 is 0. The summed E-state index contributed by atoms with van der Waals surface area (Å²) in [4.78, 5) is 12.7. The third-order valence-electron chi connectivity index (χ3n) is 4.94. The van der Waals surface area contributed by atoms with E-state index in [1.54, 1.807) is 7.11 Å². The lowest BCUT2D eigenvalue weighted by atomic mass is 9.94. The van der Waals surface area contributed by atoms with Gasteiger partial charge in [-0.2, -0.15) is 0 Å². The van der Waals surface area contributed by atoms with E-state index in [1.807, 2.05) is 62.4 Å². The molecule has 29 heavy (non-hydrogen) atoms. The number of halogens is 1. The van der Waals surface area contributed by atoms with Gasteiger partial charge >= 0.3 is 0 Å². The highest BCUT2D eigenvalue weighted by atomic mass is 35.5. The highest BCUT2D eigenvalue weighted by molar-refractivity contribution is 5.85. The normalized spacial score (nSPS) is 13.6. The Bertz CT molecular complexity index is 755. The van der Waals surface area contributed by atoms with Crippen LogP contribution in [0.25, 0.3) is 0 Å². The Balaban J connectivity index is 0.00000420. The van der Waals surface area contributed by atoms with Crippen molar-refractivity contribution in [3.63, 3.8) is 0 Å². The topological polar surface area (TPSA) is 73.6 Å². The number of benzene rings is 2. The number of ether oxygens (including phenoxy) is 2. The Hall–Kier alpha value is -2.24. The van der Waals surface area contributed by atoms with Crippen molar-refractivity contribution in [2.75, 3.05) is 13.7 Å². The zero-order valence-corrected chi connectivity index (χ0v) is 18.5. The predicted octanol–water partition coefficient (Wildman–Crippen LogP) is 4.81. The SMILES string of the molecule is CCCCOc1ccc(C(C)NC(=O)C(C)C(N)c2ccccc2)cc1OC.Cl. The van der Waals surface area contributed by atoms with Crippen molar-refractivity contribution in [3.05, 3.63) is 59.7 Å². The molecule has 0 aliphatic rings. The molecule has 160 valence electrons. The summed E-state index contributed by atoms with van der Waals surface area (Å²) in [7, 11) is 1.62. The molecule has 3 atom stereocenters. The molecule has 0 aliphatic heterocycles. The Morgan fingerprint density at radius 2 is 1.76 bits per heavy atom. The molecule has 0 saturated heterocycles. The average molecular weight is 421 g/mol. The molecule has 0 bridgehead atoms. The smallest absolute Gasteiger partial charge is 0.225 e. The fourth-order valence-electron chi connectivity index (χ4n) is 2.95. The van der Waals surface area contributed by atoms with Crippen LogP contribution in [0.1, 0.15) is 56.8 Å². The first-order chi connectivity index (χ1) is 13.5. The van der Waals surface area contributed by atoms with Gasteiger partial charge in [-0.05, 0) is 36.6 Å². The van der Waals surface area contributed by atoms with Crippen LogP contribution in [0, 0.1) is 5.92 Å². The van der Waals surface area contributed by atoms with Crippen LogP contribution in [0.4, 0.5) is 0 Å². The Labute approximate surface area is 180 Å². The van der Waals surface area contributed by atoms with Gasteiger partial charge in [0.15, 0.2) is 11.5 Å². The van der Waals surface area contributed by atoms with Gasteiger partial charge in [0.25, 0.3) is 0 Å². The van der Waals surface area contributed by atoms with Gasteiger partial charge in [-0.15, -0.1) is 12.4 Å². The van der Waals surface area contributed by atoms with Gasteiger partial charge in [-0.25, -0.2) is 0 Å². The summed E-state index contributed by atoms with van der Waals surface area (Å²) in [6.07, 6.45) is 2.07. The lowest BCUT2D eigenvalue weighted by Crippen LogP contribution is -2.36. The molecular weight excluding hydrogens is 388 g/mol. The Kier molecular flexibility index (Phi) is 10.6. The molecule has 0 heterocycles. The zero-order valence-electron chi connectivity index (χ0n) is 17.7. The molecule has 5 nitrogen and oxygen atoms in total. The van der Waals surface area contributed by atoms with Crippen molar-refractivity contribution in [1.29, 1.82) is 0 Å². The lowest BCUT2D eigenvalue weighted by Gasteiger charge is -2.23. The molecule has 2 rings (SSSR count). The van der Waals surface area contributed by atoms with Crippen LogP contribution in [0.3, 0.4) is 0 Å². The third kappa shape index (κ3) is 6.94. The Morgan fingerprint density at radius 1 is 1.07 bits per heavy atom. The monoisotopic (exact) mass is 420 g/mol. The van der Waals surface area contributed by atoms with Gasteiger partial charge in [0.05, 0.1) is 25.7 Å². The highest BCUT2D eigenvalue weighted by Crippen LogP contribution is 2.31. The number of nitrogens with one attached hydrogen (secondary N) is 1. The van der Waals surface area contributed by atoms with Gasteiger partial charge < -0.3 is 20.5 Å². The second kappa shape index (κ2) is 12.3. The molecule has 0 spiro atoms. The first kappa shape index (κ1) is 24.8. The highest BCUT2D eigenvalue weighted by Gasteiger charge is 2.24. The summed E-state index contributed by atoms with van der Waals surface area (Å²) in [6.45, 7) is 6.59. The molecule has 0 saturated carbocycles. The van der Waals surface area contributed by atoms with Gasteiger partial charge in [0.2, 0.25) is 5.91 Å². The maximum absolute atomic E-state index is 12.7. The molecule has 3 unspecified atom stereocenters. The van der Waals surface area contributed by atoms with E-state index in [1.165, 1.54) is 0 Å². The number of amides is 1. The summed E-state index contributed by atoms with van der Waals surface area (Å²) in [5, 5.41) is 3.05. The van der Waals surface area contributed by atoms with E-state index in [9.17, 15) is 4.79 Å². The van der Waals surface area contributed by atoms with Crippen LogP contribution in [-0.4, -0.2) is 19.6 Å². The van der Waals surface area contributed by atoms with Crippen molar-refractivity contribution < 1.29 is 14.3 Å². The maximum Gasteiger partial charge on any atom is 0.225 e. The average Bonchev–Trinajstić information content (AvgIpc) is 2.73. The zero-order chi connectivity index (χ0) is 20.5. The molecule has 0 aliphatic carbocycles. The van der Waals surface area contributed by atoms with E-state index in [0.717, 1.165) is 29.7 Å². The Morgan fingerprint density at radius 3 is 2.38 bits per heavy atom. The second-order valence-corrected chi connectivity index (χ2v) is 7.07. The van der Waals surface area contributed by atoms with Crippen LogP contribution in [0.15, 0.2) is 48.5 Å². The molecule has 1 amide bonds. The molecular formula is C23H33ClN2O3. The molecule has 0 fully saturated rings. The third-order valence-corrected chi connectivity index (χ3v) is 4.94. The maximum atomic E-state index is 12.7. The van der Waals surface area contributed by atoms with Crippen molar-refractivity contribution in [2.24, 2.45) is 11.7 Å². The van der Waals surface area contributed by atoms with Gasteiger partial charge in [-0.1, -0.05) is 56.7 Å². The minimum Gasteiger partial charge on any atom is -0.493 e. The largest absolute Gasteiger partial charge is 0.493 e. The van der Waals surface area contributed by atoms with Crippen LogP contribution in [0.5, 0.6) is 11.5 Å². The van der Waals surface area contributed by atoms with E-state index in [0.29, 0.717) is 12.4 Å². The number of nitrogens with two attached hydrogens (primary N) is 1. The minimum absolute atomic E-state index is 0. The first-order valence-corrected chi connectivity index (χ1v) is 9.89. The summed E-state index contributed by atoms with van der Waals surface area (Å²) < 4.78 is 11.2. The van der Waals surface area contributed by atoms with E-state index < -0.39 is 0 Å². The number of carbonyl (C=O) groups excluding carboxylic acids is 1. The van der Waals surface area contributed by atoms with Crippen LogP contribution < -0.4 is 20.5 Å². The van der Waals surface area contributed by atoms with Crippen molar-refractivity contribution >= 4 is 18.3 Å². The number of methoxy groups -OCH3 is 1. The number of unbranched alkanes of at least 4 members (excludes halogenated alkanes) is 1. The minimum atomic E-state index is -0.350. The second-order valence-electron chi connectivity index (χ2n) is 7.07. The van der Waals surface area contributed by atoms with E-state index >= 15 is 0 Å². The molecule has 3 N–H and O–H groups in total. The summed E-state index contributed by atoms with van der Waals surface area (Å²) in [5.74, 6) is 0.968. The summed E-state index contributed by atoms with van der Waals surface area (Å²) in [5.41, 5.74) is 8.18. The van der Waals surface area contributed by atoms with Crippen molar-refractivity contribution in [1.82, 2.24) is 5.32 Å². The van der Waals surface area contributed by atoms with Gasteiger partial charge in [-0.3, -0.25) is 4.79 Å². The molecule has 0 radical (unpaired) electrons. The fraction of sp³-hybridized carbons (Fsp3) is 0.435. The van der Waals surface area contributed by atoms with Gasteiger partial charge in [0.1, 0.15) is 0 Å². The van der Waals surface area contributed by atoms with Crippen LogP contribution in [-0.2, 0) is 4.79 Å². The summed E-state index contributed by atoms with van der Waals surface area (Å²) in [6, 6.07) is 14.9. The number of rotatable bonds is 10. The van der Waals surface area contributed by atoms with Crippen molar-refractivity contribution in [3.8, 4) is 11.5 Å². The van der Waals surface area contributed by atoms with E-state index in [2.05, 4.69) is 12.2 Å². The van der Waals surface area contributed by atoms with Crippen molar-refractivity contribution in [2.45, 2.75) is 45.7 Å². The first-order valence-electron chi connectivity index (χ1n) is 9.89. The van der Waals surface area contributed by atoms with Gasteiger partial charge in [0, 0.05) is 6.04 Å². The number of hydrogen-bond acceptors (Lipinski definition) is 4. The van der Waals surface area contributed by atoms with Crippen LogP contribution in [0.2, 0.25) is 0 Å². The molecule has 6 heteroatoms. The lowest BCUT2D eigenvalue weighted by molar-refractivity contribution is -0.125. The standard InChI is InChI=1S/C23H32N2O3.ClH/c1-5-6-14-28-20-13-12-19(15-21(20)27-4)17(3)25-23(26)16(2)22(24)18-10-8-7-9-11-18;/h7-13,15-17,22H,5-6,14,24H2,1-4H3,(H,25,26);1H. The van der Waals surface area contributed by atoms with E-state index in [4.69, 9.17) is 15.2 Å². The molecule has 0 aromatic heterocycles.